The van der Waals surface area contributed by atoms with Gasteiger partial charge in [0.05, 0.1) is 18.4 Å². The molecule has 2 rings (SSSR count). The minimum atomic E-state index is -0.126. The zero-order chi connectivity index (χ0) is 16.7. The maximum atomic E-state index is 11.8. The van der Waals surface area contributed by atoms with E-state index < -0.39 is 0 Å². The van der Waals surface area contributed by atoms with E-state index in [9.17, 15) is 4.79 Å². The summed E-state index contributed by atoms with van der Waals surface area (Å²) in [6.07, 6.45) is 5.49. The summed E-state index contributed by atoms with van der Waals surface area (Å²) < 4.78 is 11.1. The van der Waals surface area contributed by atoms with E-state index in [2.05, 4.69) is 19.2 Å². The lowest BCUT2D eigenvalue weighted by atomic mass is 10.1. The molecular formula is C18H26N2O3. The Hall–Kier alpha value is -2.01. The van der Waals surface area contributed by atoms with Crippen molar-refractivity contribution in [2.45, 2.75) is 32.8 Å². The quantitative estimate of drug-likeness (QED) is 0.599. The zero-order valence-corrected chi connectivity index (χ0v) is 13.9. The first-order valence-corrected chi connectivity index (χ1v) is 8.14. The summed E-state index contributed by atoms with van der Waals surface area (Å²) in [6.45, 7) is 6.16. The molecule has 0 aromatic heterocycles. The molecule has 0 radical (unpaired) electrons. The first kappa shape index (κ1) is 17.3. The molecule has 1 heterocycles. The molecule has 5 nitrogen and oxygen atoms in total. The van der Waals surface area contributed by atoms with E-state index in [1.807, 2.05) is 12.1 Å². The van der Waals surface area contributed by atoms with Gasteiger partial charge in [0.15, 0.2) is 0 Å². The number of anilines is 1. The summed E-state index contributed by atoms with van der Waals surface area (Å²) in [5.41, 5.74) is 7.42. The number of nitrogen functional groups attached to an aromatic ring is 1. The van der Waals surface area contributed by atoms with Gasteiger partial charge < -0.3 is 20.5 Å². The summed E-state index contributed by atoms with van der Waals surface area (Å²) >= 11 is 0. The monoisotopic (exact) mass is 318 g/mol. The lowest BCUT2D eigenvalue weighted by molar-refractivity contribution is -0.116. The standard InChI is InChI=1S/C18H26N2O3/c1-13(2)12-23-17-7-5-14(10-16(17)19)6-8-18(21)20-11-15-4-3-9-22-15/h5-8,10,13,15H,3-4,9,11-12,19H2,1-2H3,(H,20,21)/b8-6-. The molecule has 5 heteroatoms. The van der Waals surface area contributed by atoms with Crippen LogP contribution in [0.4, 0.5) is 5.69 Å². The number of hydrogen-bond donors (Lipinski definition) is 2. The number of ether oxygens (including phenoxy) is 2. The smallest absolute Gasteiger partial charge is 0.244 e. The molecule has 0 aliphatic carbocycles. The molecular weight excluding hydrogens is 292 g/mol. The van der Waals surface area contributed by atoms with Gasteiger partial charge in [-0.1, -0.05) is 19.9 Å². The Morgan fingerprint density at radius 1 is 1.52 bits per heavy atom. The molecule has 1 amide bonds. The van der Waals surface area contributed by atoms with Gasteiger partial charge >= 0.3 is 0 Å². The molecule has 1 atom stereocenters. The van der Waals surface area contributed by atoms with Crippen molar-refractivity contribution in [2.24, 2.45) is 5.92 Å². The molecule has 0 bridgehead atoms. The minimum absolute atomic E-state index is 0.126. The van der Waals surface area contributed by atoms with Crippen molar-refractivity contribution in [2.75, 3.05) is 25.5 Å². The average molecular weight is 318 g/mol. The lowest BCUT2D eigenvalue weighted by Crippen LogP contribution is -2.30. The number of amides is 1. The van der Waals surface area contributed by atoms with Crippen LogP contribution in [0.15, 0.2) is 24.3 Å². The van der Waals surface area contributed by atoms with Gasteiger partial charge in [-0.3, -0.25) is 4.79 Å². The molecule has 1 aromatic rings. The Bertz CT molecular complexity index is 549. The number of carbonyl (C=O) groups is 1. The molecule has 1 fully saturated rings. The summed E-state index contributed by atoms with van der Waals surface area (Å²) in [7, 11) is 0. The van der Waals surface area contributed by atoms with Crippen LogP contribution in [0.1, 0.15) is 32.3 Å². The fraction of sp³-hybridized carbons (Fsp3) is 0.500. The van der Waals surface area contributed by atoms with Crippen molar-refractivity contribution in [1.82, 2.24) is 5.32 Å². The van der Waals surface area contributed by atoms with Gasteiger partial charge in [0, 0.05) is 19.2 Å². The summed E-state index contributed by atoms with van der Waals surface area (Å²) in [4.78, 5) is 11.8. The van der Waals surface area contributed by atoms with Gasteiger partial charge in [-0.15, -0.1) is 0 Å². The summed E-state index contributed by atoms with van der Waals surface area (Å²) in [5, 5.41) is 2.85. The molecule has 3 N–H and O–H groups in total. The van der Waals surface area contributed by atoms with Crippen LogP contribution in [0.5, 0.6) is 5.75 Å². The predicted octanol–water partition coefficient (Wildman–Crippen LogP) is 2.61. The second-order valence-electron chi connectivity index (χ2n) is 6.22. The van der Waals surface area contributed by atoms with Crippen LogP contribution < -0.4 is 15.8 Å². The number of nitrogens with one attached hydrogen (secondary N) is 1. The lowest BCUT2D eigenvalue weighted by Gasteiger charge is -2.11. The van der Waals surface area contributed by atoms with Crippen LogP contribution in [-0.4, -0.2) is 31.8 Å². The van der Waals surface area contributed by atoms with Crippen molar-refractivity contribution in [3.63, 3.8) is 0 Å². The first-order valence-electron chi connectivity index (χ1n) is 8.14. The van der Waals surface area contributed by atoms with Gasteiger partial charge in [0.25, 0.3) is 0 Å². The Balaban J connectivity index is 1.83. The fourth-order valence-electron chi connectivity index (χ4n) is 2.31. The van der Waals surface area contributed by atoms with E-state index in [1.165, 1.54) is 6.08 Å². The highest BCUT2D eigenvalue weighted by molar-refractivity contribution is 5.91. The third-order valence-corrected chi connectivity index (χ3v) is 3.56. The maximum Gasteiger partial charge on any atom is 0.244 e. The second kappa shape index (κ2) is 8.58. The number of nitrogens with two attached hydrogens (primary N) is 1. The molecule has 126 valence electrons. The van der Waals surface area contributed by atoms with E-state index >= 15 is 0 Å². The molecule has 0 saturated carbocycles. The minimum Gasteiger partial charge on any atom is -0.491 e. The van der Waals surface area contributed by atoms with Crippen LogP contribution in [0.25, 0.3) is 6.08 Å². The Kier molecular flexibility index (Phi) is 6.47. The van der Waals surface area contributed by atoms with Gasteiger partial charge in [0.1, 0.15) is 5.75 Å². The third-order valence-electron chi connectivity index (χ3n) is 3.56. The highest BCUT2D eigenvalue weighted by Gasteiger charge is 2.15. The Morgan fingerprint density at radius 2 is 2.35 bits per heavy atom. The number of carbonyl (C=O) groups excluding carboxylic acids is 1. The average Bonchev–Trinajstić information content (AvgIpc) is 3.03. The summed E-state index contributed by atoms with van der Waals surface area (Å²) in [5.74, 6) is 0.999. The van der Waals surface area contributed by atoms with E-state index in [0.717, 1.165) is 25.0 Å². The Morgan fingerprint density at radius 3 is 3.00 bits per heavy atom. The third kappa shape index (κ3) is 5.94. The van der Waals surface area contributed by atoms with Gasteiger partial charge in [-0.2, -0.15) is 0 Å². The largest absolute Gasteiger partial charge is 0.491 e. The van der Waals surface area contributed by atoms with Crippen LogP contribution in [0, 0.1) is 5.92 Å². The molecule has 0 spiro atoms. The highest BCUT2D eigenvalue weighted by Crippen LogP contribution is 2.23. The van der Waals surface area contributed by atoms with Crippen LogP contribution >= 0.6 is 0 Å². The molecule has 1 aromatic carbocycles. The normalized spacial score (nSPS) is 17.8. The molecule has 1 aliphatic rings. The van der Waals surface area contributed by atoms with E-state index in [1.54, 1.807) is 12.1 Å². The highest BCUT2D eigenvalue weighted by atomic mass is 16.5. The molecule has 23 heavy (non-hydrogen) atoms. The van der Waals surface area contributed by atoms with Crippen molar-refractivity contribution in [1.29, 1.82) is 0 Å². The Labute approximate surface area is 137 Å². The van der Waals surface area contributed by atoms with Gasteiger partial charge in [-0.25, -0.2) is 0 Å². The van der Waals surface area contributed by atoms with Gasteiger partial charge in [0.2, 0.25) is 5.91 Å². The predicted molar refractivity (Wildman–Crippen MR) is 92.2 cm³/mol. The molecule has 1 aliphatic heterocycles. The zero-order valence-electron chi connectivity index (χ0n) is 13.9. The van der Waals surface area contributed by atoms with E-state index in [4.69, 9.17) is 15.2 Å². The first-order chi connectivity index (χ1) is 11.0. The number of benzene rings is 1. The van der Waals surface area contributed by atoms with Crippen LogP contribution in [0.3, 0.4) is 0 Å². The maximum absolute atomic E-state index is 11.8. The van der Waals surface area contributed by atoms with Crippen molar-refractivity contribution in [3.8, 4) is 5.75 Å². The molecule has 1 saturated heterocycles. The van der Waals surface area contributed by atoms with Crippen molar-refractivity contribution in [3.05, 3.63) is 29.8 Å². The summed E-state index contributed by atoms with van der Waals surface area (Å²) in [6, 6.07) is 5.52. The fourth-order valence-corrected chi connectivity index (χ4v) is 2.31. The number of hydrogen-bond acceptors (Lipinski definition) is 4. The number of rotatable bonds is 7. The van der Waals surface area contributed by atoms with Crippen LogP contribution in [0.2, 0.25) is 0 Å². The van der Waals surface area contributed by atoms with E-state index in [-0.39, 0.29) is 12.0 Å². The van der Waals surface area contributed by atoms with Crippen molar-refractivity contribution < 1.29 is 14.3 Å². The second-order valence-corrected chi connectivity index (χ2v) is 6.22. The van der Waals surface area contributed by atoms with Crippen LogP contribution in [-0.2, 0) is 9.53 Å². The topological polar surface area (TPSA) is 73.6 Å². The van der Waals surface area contributed by atoms with Crippen molar-refractivity contribution >= 4 is 17.7 Å². The van der Waals surface area contributed by atoms with E-state index in [0.29, 0.717) is 30.5 Å². The molecule has 1 unspecified atom stereocenters. The van der Waals surface area contributed by atoms with Gasteiger partial charge in [-0.05, 0) is 42.5 Å². The SMILES string of the molecule is CC(C)COc1ccc(/C=C\C(=O)NCC2CCCO2)cc1N.